The second kappa shape index (κ2) is 6.74. The largest absolute Gasteiger partial charge is 0.486 e. The molecule has 0 aliphatic carbocycles. The minimum absolute atomic E-state index is 0.0308. The van der Waals surface area contributed by atoms with E-state index in [9.17, 15) is 0 Å². The van der Waals surface area contributed by atoms with E-state index in [0.717, 1.165) is 36.8 Å². The Bertz CT molecular complexity index is 857. The Labute approximate surface area is 151 Å². The quantitative estimate of drug-likeness (QED) is 0.620. The van der Waals surface area contributed by atoms with Crippen LogP contribution in [0.3, 0.4) is 0 Å². The fraction of sp³-hybridized carbons (Fsp3) is 0.375. The highest BCUT2D eigenvalue weighted by molar-refractivity contribution is 9.10. The fourth-order valence-electron chi connectivity index (χ4n) is 2.81. The summed E-state index contributed by atoms with van der Waals surface area (Å²) in [5.74, 6) is 0.584. The number of aromatic nitrogens is 3. The summed E-state index contributed by atoms with van der Waals surface area (Å²) in [5, 5.41) is 9.84. The summed E-state index contributed by atoms with van der Waals surface area (Å²) in [6.07, 6.45) is 4.98. The molecule has 3 heterocycles. The average molecular weight is 413 g/mol. The molecule has 0 N–H and O–H groups in total. The number of halogens is 2. The summed E-state index contributed by atoms with van der Waals surface area (Å²) in [6.45, 7) is 1.04. The second-order valence-corrected chi connectivity index (χ2v) is 6.85. The summed E-state index contributed by atoms with van der Waals surface area (Å²) in [7, 11) is 0. The van der Waals surface area contributed by atoms with Gasteiger partial charge in [-0.25, -0.2) is 4.68 Å². The van der Waals surface area contributed by atoms with Gasteiger partial charge in [0.25, 0.3) is 0 Å². The fourth-order valence-corrected chi connectivity index (χ4v) is 3.37. The third kappa shape index (κ3) is 3.16. The number of nitrogens with zero attached hydrogens (tertiary/aromatic N) is 3. The van der Waals surface area contributed by atoms with Gasteiger partial charge < -0.3 is 14.0 Å². The van der Waals surface area contributed by atoms with E-state index in [1.807, 2.05) is 16.8 Å². The predicted octanol–water partition coefficient (Wildman–Crippen LogP) is 4.72. The van der Waals surface area contributed by atoms with Crippen LogP contribution < -0.4 is 4.74 Å². The molecule has 1 aliphatic heterocycles. The van der Waals surface area contributed by atoms with Crippen LogP contribution in [0.5, 0.6) is 5.75 Å². The van der Waals surface area contributed by atoms with E-state index in [1.54, 1.807) is 12.3 Å². The smallest absolute Gasteiger partial charge is 0.202 e. The lowest BCUT2D eigenvalue weighted by molar-refractivity contribution is -0.0366. The van der Waals surface area contributed by atoms with Crippen LogP contribution in [0.2, 0.25) is 5.02 Å². The Kier molecular flexibility index (Phi) is 4.47. The summed E-state index contributed by atoms with van der Waals surface area (Å²) in [4.78, 5) is 0. The van der Waals surface area contributed by atoms with E-state index >= 15 is 0 Å². The van der Waals surface area contributed by atoms with Crippen LogP contribution in [-0.4, -0.2) is 21.5 Å². The zero-order valence-corrected chi connectivity index (χ0v) is 15.1. The van der Waals surface area contributed by atoms with Crippen LogP contribution in [0.4, 0.5) is 0 Å². The topological polar surface area (TPSA) is 62.3 Å². The first-order chi connectivity index (χ1) is 11.7. The molecule has 1 aliphatic rings. The van der Waals surface area contributed by atoms with Gasteiger partial charge in [0.2, 0.25) is 4.67 Å². The lowest BCUT2D eigenvalue weighted by Crippen LogP contribution is -2.18. The zero-order chi connectivity index (χ0) is 16.5. The summed E-state index contributed by atoms with van der Waals surface area (Å²) < 4.78 is 19.1. The molecule has 6 nitrogen and oxygen atoms in total. The van der Waals surface area contributed by atoms with Gasteiger partial charge in [-0.3, -0.25) is 0 Å². The van der Waals surface area contributed by atoms with Gasteiger partial charge in [0.05, 0.1) is 16.7 Å². The molecule has 8 heteroatoms. The number of rotatable bonds is 4. The lowest BCUT2D eigenvalue weighted by atomic mass is 10.2. The lowest BCUT2D eigenvalue weighted by Gasteiger charge is -2.23. The van der Waals surface area contributed by atoms with Crippen molar-refractivity contribution in [1.82, 2.24) is 14.9 Å². The molecule has 3 aromatic rings. The van der Waals surface area contributed by atoms with Crippen LogP contribution >= 0.6 is 27.5 Å². The third-order valence-corrected chi connectivity index (χ3v) is 4.65. The van der Waals surface area contributed by atoms with E-state index in [2.05, 4.69) is 26.2 Å². The van der Waals surface area contributed by atoms with Crippen LogP contribution in [0, 0.1) is 0 Å². The number of benzene rings is 1. The molecule has 0 radical (unpaired) electrons. The van der Waals surface area contributed by atoms with E-state index in [0.29, 0.717) is 21.1 Å². The molecule has 0 amide bonds. The molecule has 1 saturated heterocycles. The SMILES string of the molecule is Clc1cc2cnn(C3CCCCO3)c2cc1OCc1cc(Br)on1. The van der Waals surface area contributed by atoms with E-state index in [-0.39, 0.29) is 12.8 Å². The molecule has 1 aromatic carbocycles. The molecular weight excluding hydrogens is 398 g/mol. The Morgan fingerprint density at radius 2 is 2.25 bits per heavy atom. The molecule has 2 aromatic heterocycles. The van der Waals surface area contributed by atoms with Gasteiger partial charge in [-0.15, -0.1) is 0 Å². The van der Waals surface area contributed by atoms with E-state index < -0.39 is 0 Å². The van der Waals surface area contributed by atoms with Gasteiger partial charge in [-0.2, -0.15) is 5.10 Å². The van der Waals surface area contributed by atoms with E-state index in [4.69, 9.17) is 25.6 Å². The molecule has 4 rings (SSSR count). The van der Waals surface area contributed by atoms with Gasteiger partial charge in [0, 0.05) is 24.1 Å². The first kappa shape index (κ1) is 15.9. The van der Waals surface area contributed by atoms with Crippen molar-refractivity contribution in [3.05, 3.63) is 39.8 Å². The molecule has 1 fully saturated rings. The molecular formula is C16H15BrClN3O3. The van der Waals surface area contributed by atoms with Crippen LogP contribution in [0.1, 0.15) is 31.2 Å². The summed E-state index contributed by atoms with van der Waals surface area (Å²) in [5.41, 5.74) is 1.63. The maximum atomic E-state index is 6.32. The first-order valence-corrected chi connectivity index (χ1v) is 8.90. The van der Waals surface area contributed by atoms with Crippen molar-refractivity contribution in [1.29, 1.82) is 0 Å². The number of ether oxygens (including phenoxy) is 2. The predicted molar refractivity (Wildman–Crippen MR) is 92.1 cm³/mol. The molecule has 1 unspecified atom stereocenters. The normalized spacial score (nSPS) is 18.2. The monoisotopic (exact) mass is 411 g/mol. The number of fused-ring (bicyclic) bond motifs is 1. The van der Waals surface area contributed by atoms with Crippen molar-refractivity contribution in [2.45, 2.75) is 32.1 Å². The highest BCUT2D eigenvalue weighted by atomic mass is 79.9. The Balaban J connectivity index is 1.61. The van der Waals surface area contributed by atoms with Gasteiger partial charge in [-0.1, -0.05) is 16.8 Å². The van der Waals surface area contributed by atoms with Gasteiger partial charge in [0.15, 0.2) is 6.23 Å². The maximum absolute atomic E-state index is 6.32. The first-order valence-electron chi connectivity index (χ1n) is 7.73. The molecule has 1 atom stereocenters. The van der Waals surface area contributed by atoms with Gasteiger partial charge in [0.1, 0.15) is 18.1 Å². The van der Waals surface area contributed by atoms with Crippen molar-refractivity contribution < 1.29 is 14.0 Å². The summed E-state index contributed by atoms with van der Waals surface area (Å²) >= 11 is 9.54. The van der Waals surface area contributed by atoms with E-state index in [1.165, 1.54) is 0 Å². The molecule has 0 bridgehead atoms. The minimum Gasteiger partial charge on any atom is -0.486 e. The highest BCUT2D eigenvalue weighted by Crippen LogP contribution is 2.33. The molecule has 126 valence electrons. The average Bonchev–Trinajstić information content (AvgIpc) is 3.19. The van der Waals surface area contributed by atoms with Crippen LogP contribution in [0.15, 0.2) is 33.6 Å². The standard InChI is InChI=1S/C16H15BrClN3O3/c17-15-6-11(20-24-15)9-23-14-7-13-10(5-12(14)18)8-19-21(13)16-3-1-2-4-22-16/h5-8,16H,1-4,9H2. The maximum Gasteiger partial charge on any atom is 0.202 e. The Hall–Kier alpha value is -1.57. The van der Waals surface area contributed by atoms with Crippen molar-refractivity contribution in [3.8, 4) is 5.75 Å². The second-order valence-electron chi connectivity index (χ2n) is 5.66. The van der Waals surface area contributed by atoms with Crippen molar-refractivity contribution in [2.24, 2.45) is 0 Å². The van der Waals surface area contributed by atoms with Crippen LogP contribution in [0.25, 0.3) is 10.9 Å². The number of hydrogen-bond acceptors (Lipinski definition) is 5. The van der Waals surface area contributed by atoms with Crippen molar-refractivity contribution in [3.63, 3.8) is 0 Å². The number of hydrogen-bond donors (Lipinski definition) is 0. The van der Waals surface area contributed by atoms with Gasteiger partial charge >= 0.3 is 0 Å². The van der Waals surface area contributed by atoms with Crippen molar-refractivity contribution >= 4 is 38.4 Å². The molecule has 0 saturated carbocycles. The molecule has 0 spiro atoms. The Morgan fingerprint density at radius 1 is 1.33 bits per heavy atom. The van der Waals surface area contributed by atoms with Crippen LogP contribution in [-0.2, 0) is 11.3 Å². The molecule has 24 heavy (non-hydrogen) atoms. The Morgan fingerprint density at radius 3 is 3.00 bits per heavy atom. The zero-order valence-electron chi connectivity index (χ0n) is 12.7. The third-order valence-electron chi connectivity index (χ3n) is 3.98. The minimum atomic E-state index is -0.0308. The van der Waals surface area contributed by atoms with Crippen molar-refractivity contribution in [2.75, 3.05) is 6.61 Å². The van der Waals surface area contributed by atoms with Gasteiger partial charge in [-0.05, 0) is 41.3 Å². The highest BCUT2D eigenvalue weighted by Gasteiger charge is 2.19. The summed E-state index contributed by atoms with van der Waals surface area (Å²) in [6, 6.07) is 5.52.